The molecule has 1 aromatic heterocycles. The van der Waals surface area contributed by atoms with Crippen LogP contribution in [0.1, 0.15) is 10.4 Å². The number of benzene rings is 2. The van der Waals surface area contributed by atoms with E-state index in [2.05, 4.69) is 4.98 Å². The summed E-state index contributed by atoms with van der Waals surface area (Å²) in [5.74, 6) is 1.87. The van der Waals surface area contributed by atoms with Gasteiger partial charge >= 0.3 is 0 Å². The van der Waals surface area contributed by atoms with E-state index in [0.29, 0.717) is 65.2 Å². The molecule has 1 atom stereocenters. The number of aromatic nitrogens is 2. The molecule has 172 valence electrons. The maximum absolute atomic E-state index is 13.2. The third kappa shape index (κ3) is 4.23. The molecule has 2 aromatic carbocycles. The van der Waals surface area contributed by atoms with Crippen molar-refractivity contribution in [3.63, 3.8) is 0 Å². The number of amides is 1. The summed E-state index contributed by atoms with van der Waals surface area (Å²) in [6, 6.07) is 10.4. The first kappa shape index (κ1) is 21.6. The van der Waals surface area contributed by atoms with Crippen molar-refractivity contribution in [2.45, 2.75) is 11.3 Å². The molecule has 3 aromatic rings. The quantitative estimate of drug-likeness (QED) is 0.415. The summed E-state index contributed by atoms with van der Waals surface area (Å²) >= 11 is 1.39. The van der Waals surface area contributed by atoms with Gasteiger partial charge in [-0.15, -0.1) is 0 Å². The maximum Gasteiger partial charge on any atom is 0.261 e. The molecule has 2 aliphatic rings. The van der Waals surface area contributed by atoms with Crippen molar-refractivity contribution >= 4 is 28.6 Å². The lowest BCUT2D eigenvalue weighted by atomic mass is 10.1. The summed E-state index contributed by atoms with van der Waals surface area (Å²) in [5, 5.41) is 1.09. The second kappa shape index (κ2) is 8.95. The highest BCUT2D eigenvalue weighted by atomic mass is 32.2. The Kier molecular flexibility index (Phi) is 5.86. The highest BCUT2D eigenvalue weighted by Gasteiger charge is 2.26. The van der Waals surface area contributed by atoms with Gasteiger partial charge in [0.25, 0.3) is 11.5 Å². The van der Waals surface area contributed by atoms with Gasteiger partial charge in [0, 0.05) is 25.2 Å². The first-order valence-electron chi connectivity index (χ1n) is 10.5. The molecule has 5 rings (SSSR count). The second-order valence-corrected chi connectivity index (χ2v) is 8.54. The number of carbonyl (C=O) groups excluding carboxylic acids is 1. The molecule has 0 spiro atoms. The molecule has 9 nitrogen and oxygen atoms in total. The average molecular weight is 470 g/mol. The molecule has 1 saturated heterocycles. The largest absolute Gasteiger partial charge is 0.491 e. The number of carbonyl (C=O) groups is 1. The van der Waals surface area contributed by atoms with Gasteiger partial charge in [-0.25, -0.2) is 4.98 Å². The van der Waals surface area contributed by atoms with Crippen molar-refractivity contribution in [1.29, 1.82) is 0 Å². The number of hydrogen-bond donors (Lipinski definition) is 0. The van der Waals surface area contributed by atoms with Gasteiger partial charge in [-0.3, -0.25) is 14.2 Å². The molecule has 1 amide bonds. The van der Waals surface area contributed by atoms with Crippen LogP contribution in [0.5, 0.6) is 17.2 Å². The first-order chi connectivity index (χ1) is 16.0. The van der Waals surface area contributed by atoms with Gasteiger partial charge in [0.15, 0.2) is 16.7 Å². The minimum atomic E-state index is -0.262. The van der Waals surface area contributed by atoms with Crippen LogP contribution in [0.4, 0.5) is 0 Å². The molecule has 0 saturated carbocycles. The second-order valence-electron chi connectivity index (χ2n) is 7.76. The Morgan fingerprint density at radius 3 is 2.91 bits per heavy atom. The Hall–Kier alpha value is -3.24. The zero-order valence-corrected chi connectivity index (χ0v) is 19.1. The predicted octanol–water partition coefficient (Wildman–Crippen LogP) is 2.30. The van der Waals surface area contributed by atoms with E-state index in [-0.39, 0.29) is 24.4 Å². The third-order valence-corrected chi connectivity index (χ3v) is 6.40. The molecular weight excluding hydrogens is 446 g/mol. The SMILES string of the molecule is CSc1nc2cc(C(=O)N3CCOC(COc4ccc5c(c4)OCO5)C3)ccc2c(=O)n1C. The van der Waals surface area contributed by atoms with Crippen LogP contribution in [-0.2, 0) is 11.8 Å². The fraction of sp³-hybridized carbons (Fsp3) is 0.348. The average Bonchev–Trinajstić information content (AvgIpc) is 3.32. The van der Waals surface area contributed by atoms with Crippen molar-refractivity contribution in [3.8, 4) is 17.2 Å². The summed E-state index contributed by atoms with van der Waals surface area (Å²) in [7, 11) is 1.69. The summed E-state index contributed by atoms with van der Waals surface area (Å²) in [6.45, 7) is 1.82. The Morgan fingerprint density at radius 2 is 2.06 bits per heavy atom. The van der Waals surface area contributed by atoms with Crippen LogP contribution in [0.2, 0.25) is 0 Å². The van der Waals surface area contributed by atoms with E-state index in [4.69, 9.17) is 18.9 Å². The minimum absolute atomic E-state index is 0.124. The van der Waals surface area contributed by atoms with E-state index in [1.807, 2.05) is 12.3 Å². The molecule has 0 N–H and O–H groups in total. The maximum atomic E-state index is 13.2. The molecule has 0 bridgehead atoms. The molecular formula is C23H23N3O6S. The smallest absolute Gasteiger partial charge is 0.261 e. The standard InChI is InChI=1S/C23H23N3O6S/c1-25-22(28)17-5-3-14(9-18(17)24-23(25)33-2)21(27)26-7-8-29-16(11-26)12-30-15-4-6-19-20(10-15)32-13-31-19/h3-6,9-10,16H,7-8,11-13H2,1-2H3. The van der Waals surface area contributed by atoms with Gasteiger partial charge in [0.05, 0.1) is 24.1 Å². The van der Waals surface area contributed by atoms with Gasteiger partial charge in [0.1, 0.15) is 18.5 Å². The molecule has 1 fully saturated rings. The van der Waals surface area contributed by atoms with Crippen molar-refractivity contribution in [3.05, 3.63) is 52.3 Å². The Morgan fingerprint density at radius 1 is 1.21 bits per heavy atom. The van der Waals surface area contributed by atoms with Crippen molar-refractivity contribution in [2.75, 3.05) is 39.4 Å². The number of fused-ring (bicyclic) bond motifs is 2. The van der Waals surface area contributed by atoms with Crippen LogP contribution < -0.4 is 19.8 Å². The molecule has 33 heavy (non-hydrogen) atoms. The van der Waals surface area contributed by atoms with E-state index in [1.54, 1.807) is 42.3 Å². The van der Waals surface area contributed by atoms with Gasteiger partial charge in [-0.05, 0) is 36.6 Å². The number of morpholine rings is 1. The van der Waals surface area contributed by atoms with Crippen LogP contribution in [0, 0.1) is 0 Å². The highest BCUT2D eigenvalue weighted by Crippen LogP contribution is 2.35. The van der Waals surface area contributed by atoms with Crippen LogP contribution in [0.25, 0.3) is 10.9 Å². The van der Waals surface area contributed by atoms with Crippen molar-refractivity contribution < 1.29 is 23.7 Å². The minimum Gasteiger partial charge on any atom is -0.491 e. The van der Waals surface area contributed by atoms with Gasteiger partial charge < -0.3 is 23.8 Å². The van der Waals surface area contributed by atoms with E-state index in [9.17, 15) is 9.59 Å². The molecule has 2 aliphatic heterocycles. The van der Waals surface area contributed by atoms with Crippen LogP contribution in [-0.4, -0.2) is 65.8 Å². The van der Waals surface area contributed by atoms with Gasteiger partial charge in [-0.2, -0.15) is 0 Å². The Labute approximate surface area is 194 Å². The topological polar surface area (TPSA) is 92.1 Å². The number of rotatable bonds is 5. The summed E-state index contributed by atoms with van der Waals surface area (Å²) in [5.41, 5.74) is 0.882. The van der Waals surface area contributed by atoms with E-state index in [0.717, 1.165) is 0 Å². The number of ether oxygens (including phenoxy) is 4. The van der Waals surface area contributed by atoms with Gasteiger partial charge in [-0.1, -0.05) is 11.8 Å². The number of hydrogen-bond acceptors (Lipinski definition) is 8. The zero-order chi connectivity index (χ0) is 22.9. The van der Waals surface area contributed by atoms with E-state index >= 15 is 0 Å². The summed E-state index contributed by atoms with van der Waals surface area (Å²) < 4.78 is 23.9. The third-order valence-electron chi connectivity index (χ3n) is 5.67. The molecule has 3 heterocycles. The number of nitrogens with zero attached hydrogens (tertiary/aromatic N) is 3. The van der Waals surface area contributed by atoms with E-state index in [1.165, 1.54) is 16.3 Å². The predicted molar refractivity (Wildman–Crippen MR) is 122 cm³/mol. The highest BCUT2D eigenvalue weighted by molar-refractivity contribution is 7.98. The van der Waals surface area contributed by atoms with Crippen LogP contribution >= 0.6 is 11.8 Å². The lowest BCUT2D eigenvalue weighted by Crippen LogP contribution is -2.47. The molecule has 1 unspecified atom stereocenters. The number of thioether (sulfide) groups is 1. The van der Waals surface area contributed by atoms with Crippen LogP contribution in [0.15, 0.2) is 46.3 Å². The van der Waals surface area contributed by atoms with Gasteiger partial charge in [0.2, 0.25) is 6.79 Å². The summed E-state index contributed by atoms with van der Waals surface area (Å²) in [4.78, 5) is 32.0. The molecule has 0 aliphatic carbocycles. The molecule has 0 radical (unpaired) electrons. The first-order valence-corrected chi connectivity index (χ1v) is 11.7. The lowest BCUT2D eigenvalue weighted by molar-refractivity contribution is -0.0401. The normalized spacial score (nSPS) is 17.4. The summed E-state index contributed by atoms with van der Waals surface area (Å²) in [6.07, 6.45) is 1.60. The Bertz CT molecular complexity index is 1280. The van der Waals surface area contributed by atoms with Crippen molar-refractivity contribution in [1.82, 2.24) is 14.5 Å². The van der Waals surface area contributed by atoms with Crippen LogP contribution in [0.3, 0.4) is 0 Å². The fourth-order valence-corrected chi connectivity index (χ4v) is 4.46. The zero-order valence-electron chi connectivity index (χ0n) is 18.3. The fourth-order valence-electron chi connectivity index (χ4n) is 3.91. The van der Waals surface area contributed by atoms with E-state index < -0.39 is 0 Å². The Balaban J connectivity index is 1.28. The molecule has 10 heteroatoms. The monoisotopic (exact) mass is 469 g/mol. The lowest BCUT2D eigenvalue weighted by Gasteiger charge is -2.33. The van der Waals surface area contributed by atoms with Crippen molar-refractivity contribution in [2.24, 2.45) is 7.05 Å².